The summed E-state index contributed by atoms with van der Waals surface area (Å²) < 4.78 is 0. The first-order valence-corrected chi connectivity index (χ1v) is 11.3. The van der Waals surface area contributed by atoms with Crippen LogP contribution in [0.25, 0.3) is 0 Å². The zero-order valence-electron chi connectivity index (χ0n) is 18.0. The Hall–Kier alpha value is -3.02. The number of nitrogens with one attached hydrogen (secondary N) is 1. The molecule has 6 heteroatoms. The minimum absolute atomic E-state index is 0.0945. The molecule has 0 radical (unpaired) electrons. The summed E-state index contributed by atoms with van der Waals surface area (Å²) in [4.78, 5) is 41.9. The number of aromatic nitrogens is 1. The first-order valence-electron chi connectivity index (χ1n) is 11.3. The monoisotopic (exact) mass is 421 g/mol. The number of nitrogens with zero attached hydrogens (tertiary/aromatic N) is 2. The molecule has 31 heavy (non-hydrogen) atoms. The van der Waals surface area contributed by atoms with Gasteiger partial charge in [-0.2, -0.15) is 0 Å². The topological polar surface area (TPSA) is 79.4 Å². The molecule has 3 rings (SSSR count). The van der Waals surface area contributed by atoms with Crippen LogP contribution in [0.5, 0.6) is 0 Å². The molecule has 0 aliphatic carbocycles. The van der Waals surface area contributed by atoms with Gasteiger partial charge in [0.15, 0.2) is 0 Å². The molecule has 0 fully saturated rings. The summed E-state index contributed by atoms with van der Waals surface area (Å²) in [5.74, 6) is -0.229. The van der Waals surface area contributed by atoms with Gasteiger partial charge in [-0.1, -0.05) is 56.7 Å². The molecule has 0 spiro atoms. The number of fused-ring (bicyclic) bond motifs is 1. The number of hydrogen-bond donors (Lipinski definition) is 1. The van der Waals surface area contributed by atoms with E-state index in [1.54, 1.807) is 36.7 Å². The van der Waals surface area contributed by atoms with Gasteiger partial charge in [0, 0.05) is 31.9 Å². The zero-order chi connectivity index (χ0) is 21.9. The van der Waals surface area contributed by atoms with Gasteiger partial charge < -0.3 is 5.32 Å². The lowest BCUT2D eigenvalue weighted by Gasteiger charge is -2.13. The van der Waals surface area contributed by atoms with Gasteiger partial charge in [-0.15, -0.1) is 0 Å². The molecular weight excluding hydrogens is 390 g/mol. The predicted molar refractivity (Wildman–Crippen MR) is 119 cm³/mol. The maximum atomic E-state index is 12.3. The highest BCUT2D eigenvalue weighted by molar-refractivity contribution is 6.21. The number of amides is 3. The lowest BCUT2D eigenvalue weighted by molar-refractivity contribution is -0.121. The highest BCUT2D eigenvalue weighted by atomic mass is 16.2. The second-order valence-corrected chi connectivity index (χ2v) is 8.02. The summed E-state index contributed by atoms with van der Waals surface area (Å²) in [7, 11) is 0. The molecule has 2 aromatic rings. The molecular formula is C25H31N3O3. The van der Waals surface area contributed by atoms with Crippen molar-refractivity contribution < 1.29 is 14.4 Å². The van der Waals surface area contributed by atoms with Crippen molar-refractivity contribution in [3.8, 4) is 0 Å². The molecule has 1 N–H and O–H groups in total. The Kier molecular flexibility index (Phi) is 8.76. The highest BCUT2D eigenvalue weighted by Crippen LogP contribution is 2.23. The van der Waals surface area contributed by atoms with Crippen LogP contribution in [0.1, 0.15) is 84.1 Å². The summed E-state index contributed by atoms with van der Waals surface area (Å²) >= 11 is 0. The van der Waals surface area contributed by atoms with E-state index in [1.807, 2.05) is 12.1 Å². The lowest BCUT2D eigenvalue weighted by Crippen LogP contribution is -2.30. The van der Waals surface area contributed by atoms with E-state index < -0.39 is 0 Å². The van der Waals surface area contributed by atoms with E-state index in [2.05, 4.69) is 10.3 Å². The summed E-state index contributed by atoms with van der Waals surface area (Å²) in [6, 6.07) is 10.9. The number of unbranched alkanes of at least 4 members (excludes halogenated alkanes) is 7. The quantitative estimate of drug-likeness (QED) is 0.381. The standard InChI is InChI=1S/C25H31N3O3/c29-23(27-19-20-12-11-16-26-18-20)15-7-5-3-1-2-4-6-10-17-28-24(30)21-13-8-9-14-22(21)25(28)31/h8-9,11-14,16,18H,1-7,10,15,17,19H2,(H,27,29). The second kappa shape index (κ2) is 12.0. The largest absolute Gasteiger partial charge is 0.352 e. The third kappa shape index (κ3) is 6.74. The molecule has 3 amide bonds. The van der Waals surface area contributed by atoms with Crippen molar-refractivity contribution in [3.05, 3.63) is 65.5 Å². The molecule has 6 nitrogen and oxygen atoms in total. The Balaban J connectivity index is 1.16. The van der Waals surface area contributed by atoms with Crippen LogP contribution in [0.2, 0.25) is 0 Å². The van der Waals surface area contributed by atoms with Crippen LogP contribution < -0.4 is 5.32 Å². The molecule has 0 atom stereocenters. The van der Waals surface area contributed by atoms with Gasteiger partial charge in [-0.3, -0.25) is 24.3 Å². The van der Waals surface area contributed by atoms with Crippen molar-refractivity contribution in [2.45, 2.75) is 64.3 Å². The van der Waals surface area contributed by atoms with Crippen LogP contribution in [0, 0.1) is 0 Å². The third-order valence-corrected chi connectivity index (χ3v) is 5.63. The van der Waals surface area contributed by atoms with Crippen molar-refractivity contribution in [2.75, 3.05) is 6.54 Å². The van der Waals surface area contributed by atoms with Gasteiger partial charge in [0.1, 0.15) is 0 Å². The Morgan fingerprint density at radius 3 is 2.03 bits per heavy atom. The predicted octanol–water partition coefficient (Wildman–Crippen LogP) is 4.50. The van der Waals surface area contributed by atoms with E-state index in [4.69, 9.17) is 0 Å². The van der Waals surface area contributed by atoms with E-state index >= 15 is 0 Å². The lowest BCUT2D eigenvalue weighted by atomic mass is 10.1. The average molecular weight is 422 g/mol. The Labute approximate surface area is 184 Å². The SMILES string of the molecule is O=C(CCCCCCCCCCN1C(=O)c2ccccc2C1=O)NCc1cccnc1. The van der Waals surface area contributed by atoms with Crippen LogP contribution >= 0.6 is 0 Å². The van der Waals surface area contributed by atoms with Crippen molar-refractivity contribution >= 4 is 17.7 Å². The number of carbonyl (C=O) groups excluding carboxylic acids is 3. The van der Waals surface area contributed by atoms with Crippen LogP contribution in [0.3, 0.4) is 0 Å². The average Bonchev–Trinajstić information content (AvgIpc) is 3.04. The molecule has 1 aromatic heterocycles. The fourth-order valence-electron chi connectivity index (χ4n) is 3.85. The molecule has 164 valence electrons. The number of pyridine rings is 1. The molecule has 0 saturated carbocycles. The minimum atomic E-state index is -0.162. The third-order valence-electron chi connectivity index (χ3n) is 5.63. The molecule has 0 bridgehead atoms. The highest BCUT2D eigenvalue weighted by Gasteiger charge is 2.34. The number of imide groups is 1. The molecule has 1 aromatic carbocycles. The van der Waals surface area contributed by atoms with Gasteiger partial charge in [0.05, 0.1) is 11.1 Å². The smallest absolute Gasteiger partial charge is 0.261 e. The molecule has 0 unspecified atom stereocenters. The zero-order valence-corrected chi connectivity index (χ0v) is 18.0. The van der Waals surface area contributed by atoms with Crippen molar-refractivity contribution in [3.63, 3.8) is 0 Å². The van der Waals surface area contributed by atoms with Gasteiger partial charge in [0.2, 0.25) is 5.91 Å². The number of carbonyl (C=O) groups is 3. The second-order valence-electron chi connectivity index (χ2n) is 8.02. The van der Waals surface area contributed by atoms with Crippen molar-refractivity contribution in [2.24, 2.45) is 0 Å². The molecule has 1 aliphatic rings. The Morgan fingerprint density at radius 1 is 0.806 bits per heavy atom. The van der Waals surface area contributed by atoms with Crippen LogP contribution in [-0.2, 0) is 11.3 Å². The fourth-order valence-corrected chi connectivity index (χ4v) is 3.85. The normalized spacial score (nSPS) is 12.8. The van der Waals surface area contributed by atoms with Gasteiger partial charge in [-0.05, 0) is 36.6 Å². The van der Waals surface area contributed by atoms with Crippen LogP contribution in [-0.4, -0.2) is 34.2 Å². The van der Waals surface area contributed by atoms with E-state index in [1.165, 1.54) is 4.90 Å². The first-order chi connectivity index (χ1) is 15.2. The number of hydrogen-bond acceptors (Lipinski definition) is 4. The summed E-state index contributed by atoms with van der Waals surface area (Å²) in [5, 5.41) is 2.93. The minimum Gasteiger partial charge on any atom is -0.352 e. The van der Waals surface area contributed by atoms with Gasteiger partial charge in [-0.25, -0.2) is 0 Å². The van der Waals surface area contributed by atoms with Crippen LogP contribution in [0.15, 0.2) is 48.8 Å². The van der Waals surface area contributed by atoms with Crippen molar-refractivity contribution in [1.29, 1.82) is 0 Å². The van der Waals surface area contributed by atoms with E-state index in [9.17, 15) is 14.4 Å². The summed E-state index contributed by atoms with van der Waals surface area (Å²) in [6.45, 7) is 1.04. The van der Waals surface area contributed by atoms with E-state index in [-0.39, 0.29) is 17.7 Å². The Bertz CT molecular complexity index is 848. The number of benzene rings is 1. The molecule has 0 saturated heterocycles. The van der Waals surface area contributed by atoms with Gasteiger partial charge >= 0.3 is 0 Å². The van der Waals surface area contributed by atoms with E-state index in [0.29, 0.717) is 30.6 Å². The Morgan fingerprint density at radius 2 is 1.42 bits per heavy atom. The van der Waals surface area contributed by atoms with Crippen molar-refractivity contribution in [1.82, 2.24) is 15.2 Å². The fraction of sp³-hybridized carbons (Fsp3) is 0.440. The van der Waals surface area contributed by atoms with E-state index in [0.717, 1.165) is 56.9 Å². The van der Waals surface area contributed by atoms with Gasteiger partial charge in [0.25, 0.3) is 11.8 Å². The maximum Gasteiger partial charge on any atom is 0.261 e. The summed E-state index contributed by atoms with van der Waals surface area (Å²) in [5.41, 5.74) is 2.07. The molecule has 1 aliphatic heterocycles. The number of rotatable bonds is 13. The molecule has 2 heterocycles. The first kappa shape index (κ1) is 22.7. The van der Waals surface area contributed by atoms with Crippen LogP contribution in [0.4, 0.5) is 0 Å². The maximum absolute atomic E-state index is 12.3. The summed E-state index contributed by atoms with van der Waals surface area (Å²) in [6.07, 6.45) is 12.4.